The van der Waals surface area contributed by atoms with Gasteiger partial charge in [-0.25, -0.2) is 0 Å². The first kappa shape index (κ1) is 10.7. The zero-order valence-corrected chi connectivity index (χ0v) is 8.27. The van der Waals surface area contributed by atoms with Crippen LogP contribution in [0.15, 0.2) is 30.3 Å². The van der Waals surface area contributed by atoms with Gasteiger partial charge in [-0.2, -0.15) is 0 Å². The van der Waals surface area contributed by atoms with Crippen LogP contribution in [-0.2, 0) is 16.0 Å². The van der Waals surface area contributed by atoms with Crippen LogP contribution in [0.1, 0.15) is 12.5 Å². The predicted molar refractivity (Wildman–Crippen MR) is 54.8 cm³/mol. The summed E-state index contributed by atoms with van der Waals surface area (Å²) in [6.07, 6.45) is 0.730. The molecule has 1 unspecified atom stereocenters. The third-order valence-electron chi connectivity index (χ3n) is 1.84. The molecule has 3 heteroatoms. The molecule has 0 heterocycles. The Morgan fingerprint density at radius 2 is 2.07 bits per heavy atom. The lowest BCUT2D eigenvalue weighted by atomic mass is 10.1. The summed E-state index contributed by atoms with van der Waals surface area (Å²) in [5.74, 6) is -0.284. The number of carbonyl (C=O) groups is 1. The van der Waals surface area contributed by atoms with Gasteiger partial charge in [-0.15, -0.1) is 0 Å². The van der Waals surface area contributed by atoms with Gasteiger partial charge in [-0.05, 0) is 12.0 Å². The van der Waals surface area contributed by atoms with Crippen LogP contribution in [-0.4, -0.2) is 18.6 Å². The molecule has 0 saturated carbocycles. The Bertz CT molecular complexity index is 285. The van der Waals surface area contributed by atoms with E-state index in [1.54, 1.807) is 0 Å². The van der Waals surface area contributed by atoms with E-state index in [-0.39, 0.29) is 18.6 Å². The molecule has 76 valence electrons. The lowest BCUT2D eigenvalue weighted by Gasteiger charge is -2.10. The lowest BCUT2D eigenvalue weighted by molar-refractivity contribution is -0.141. The van der Waals surface area contributed by atoms with E-state index >= 15 is 0 Å². The molecule has 0 aliphatic carbocycles. The fourth-order valence-corrected chi connectivity index (χ4v) is 1.20. The lowest BCUT2D eigenvalue weighted by Crippen LogP contribution is -2.29. The third-order valence-corrected chi connectivity index (χ3v) is 1.84. The second-order valence-electron chi connectivity index (χ2n) is 3.25. The Morgan fingerprint density at radius 1 is 1.43 bits per heavy atom. The SMILES string of the molecule is CC(=O)OCC(N)Cc1ccccc1. The monoisotopic (exact) mass is 193 g/mol. The summed E-state index contributed by atoms with van der Waals surface area (Å²) < 4.78 is 4.81. The molecule has 0 aliphatic rings. The Morgan fingerprint density at radius 3 is 2.64 bits per heavy atom. The van der Waals surface area contributed by atoms with Crippen molar-refractivity contribution >= 4 is 5.97 Å². The van der Waals surface area contributed by atoms with Crippen molar-refractivity contribution in [2.75, 3.05) is 6.61 Å². The van der Waals surface area contributed by atoms with Gasteiger partial charge in [0.25, 0.3) is 0 Å². The number of rotatable bonds is 4. The van der Waals surface area contributed by atoms with E-state index in [1.807, 2.05) is 30.3 Å². The van der Waals surface area contributed by atoms with Gasteiger partial charge in [-0.1, -0.05) is 30.3 Å². The first-order valence-corrected chi connectivity index (χ1v) is 4.61. The number of benzene rings is 1. The van der Waals surface area contributed by atoms with E-state index in [9.17, 15) is 4.79 Å². The van der Waals surface area contributed by atoms with Gasteiger partial charge in [0.2, 0.25) is 0 Å². The minimum atomic E-state index is -0.284. The second kappa shape index (κ2) is 5.40. The van der Waals surface area contributed by atoms with Crippen molar-refractivity contribution in [2.45, 2.75) is 19.4 Å². The standard InChI is InChI=1S/C11H15NO2/c1-9(13)14-8-11(12)7-10-5-3-2-4-6-10/h2-6,11H,7-8,12H2,1H3. The molecular weight excluding hydrogens is 178 g/mol. The highest BCUT2D eigenvalue weighted by molar-refractivity contribution is 5.65. The molecule has 1 aromatic rings. The number of hydrogen-bond acceptors (Lipinski definition) is 3. The normalized spacial score (nSPS) is 12.1. The van der Waals surface area contributed by atoms with Crippen LogP contribution >= 0.6 is 0 Å². The maximum Gasteiger partial charge on any atom is 0.302 e. The van der Waals surface area contributed by atoms with E-state index in [2.05, 4.69) is 0 Å². The molecule has 0 amide bonds. The molecule has 2 N–H and O–H groups in total. The van der Waals surface area contributed by atoms with Crippen molar-refractivity contribution in [3.63, 3.8) is 0 Å². The van der Waals surface area contributed by atoms with Crippen molar-refractivity contribution in [3.05, 3.63) is 35.9 Å². The number of carbonyl (C=O) groups excluding carboxylic acids is 1. The van der Waals surface area contributed by atoms with Crippen LogP contribution in [0.3, 0.4) is 0 Å². The molecular formula is C11H15NO2. The second-order valence-corrected chi connectivity index (χ2v) is 3.25. The fraction of sp³-hybridized carbons (Fsp3) is 0.364. The third kappa shape index (κ3) is 4.05. The number of nitrogens with two attached hydrogens (primary N) is 1. The first-order valence-electron chi connectivity index (χ1n) is 4.61. The molecule has 3 nitrogen and oxygen atoms in total. The zero-order chi connectivity index (χ0) is 10.4. The summed E-state index contributed by atoms with van der Waals surface area (Å²) >= 11 is 0. The molecule has 14 heavy (non-hydrogen) atoms. The minimum absolute atomic E-state index is 0.124. The van der Waals surface area contributed by atoms with Gasteiger partial charge in [-0.3, -0.25) is 4.79 Å². The topological polar surface area (TPSA) is 52.3 Å². The van der Waals surface area contributed by atoms with Gasteiger partial charge in [0.15, 0.2) is 0 Å². The Hall–Kier alpha value is -1.35. The van der Waals surface area contributed by atoms with Gasteiger partial charge in [0.05, 0.1) is 0 Å². The minimum Gasteiger partial charge on any atom is -0.464 e. The summed E-state index contributed by atoms with van der Waals surface area (Å²) in [6, 6.07) is 9.78. The summed E-state index contributed by atoms with van der Waals surface area (Å²) in [5, 5.41) is 0. The molecule has 1 aromatic carbocycles. The van der Waals surface area contributed by atoms with Crippen molar-refractivity contribution in [1.82, 2.24) is 0 Å². The Balaban J connectivity index is 2.34. The summed E-state index contributed by atoms with van der Waals surface area (Å²) in [7, 11) is 0. The zero-order valence-electron chi connectivity index (χ0n) is 8.27. The maximum absolute atomic E-state index is 10.5. The Kier molecular flexibility index (Phi) is 4.13. The van der Waals surface area contributed by atoms with Gasteiger partial charge in [0.1, 0.15) is 6.61 Å². The maximum atomic E-state index is 10.5. The van der Waals surface area contributed by atoms with Crippen LogP contribution < -0.4 is 5.73 Å². The van der Waals surface area contributed by atoms with Crippen LogP contribution in [0.5, 0.6) is 0 Å². The van der Waals surface area contributed by atoms with Crippen molar-refractivity contribution in [1.29, 1.82) is 0 Å². The van der Waals surface area contributed by atoms with Crippen molar-refractivity contribution in [3.8, 4) is 0 Å². The number of esters is 1. The molecule has 0 radical (unpaired) electrons. The smallest absolute Gasteiger partial charge is 0.302 e. The van der Waals surface area contributed by atoms with E-state index in [0.717, 1.165) is 12.0 Å². The number of ether oxygens (including phenoxy) is 1. The molecule has 1 atom stereocenters. The van der Waals surface area contributed by atoms with E-state index < -0.39 is 0 Å². The molecule has 0 saturated heterocycles. The van der Waals surface area contributed by atoms with Gasteiger partial charge < -0.3 is 10.5 Å². The van der Waals surface area contributed by atoms with E-state index in [0.29, 0.717) is 0 Å². The summed E-state index contributed by atoms with van der Waals surface area (Å²) in [5.41, 5.74) is 6.94. The van der Waals surface area contributed by atoms with Crippen LogP contribution in [0.4, 0.5) is 0 Å². The summed E-state index contributed by atoms with van der Waals surface area (Å²) in [4.78, 5) is 10.5. The molecule has 0 fully saturated rings. The average molecular weight is 193 g/mol. The van der Waals surface area contributed by atoms with Crippen LogP contribution in [0, 0.1) is 0 Å². The molecule has 0 bridgehead atoms. The highest BCUT2D eigenvalue weighted by Crippen LogP contribution is 2.01. The largest absolute Gasteiger partial charge is 0.464 e. The molecule has 1 rings (SSSR count). The van der Waals surface area contributed by atoms with Crippen molar-refractivity contribution in [2.24, 2.45) is 5.73 Å². The van der Waals surface area contributed by atoms with Gasteiger partial charge >= 0.3 is 5.97 Å². The fourth-order valence-electron chi connectivity index (χ4n) is 1.20. The van der Waals surface area contributed by atoms with Crippen LogP contribution in [0.2, 0.25) is 0 Å². The van der Waals surface area contributed by atoms with E-state index in [1.165, 1.54) is 6.92 Å². The van der Waals surface area contributed by atoms with E-state index in [4.69, 9.17) is 10.5 Å². The summed E-state index contributed by atoms with van der Waals surface area (Å²) in [6.45, 7) is 1.67. The van der Waals surface area contributed by atoms with Crippen LogP contribution in [0.25, 0.3) is 0 Å². The first-order chi connectivity index (χ1) is 6.68. The van der Waals surface area contributed by atoms with Gasteiger partial charge in [0, 0.05) is 13.0 Å². The molecule has 0 aliphatic heterocycles. The number of hydrogen-bond donors (Lipinski definition) is 1. The highest BCUT2D eigenvalue weighted by atomic mass is 16.5. The average Bonchev–Trinajstić information content (AvgIpc) is 2.16. The molecule has 0 spiro atoms. The quantitative estimate of drug-likeness (QED) is 0.729. The Labute approximate surface area is 83.9 Å². The predicted octanol–water partition coefficient (Wildman–Crippen LogP) is 1.12. The highest BCUT2D eigenvalue weighted by Gasteiger charge is 2.05. The van der Waals surface area contributed by atoms with Crippen molar-refractivity contribution < 1.29 is 9.53 Å². The molecule has 0 aromatic heterocycles.